The van der Waals surface area contributed by atoms with E-state index in [0.717, 1.165) is 20.1 Å². The largest absolute Gasteiger partial charge is 0.276 e. The highest BCUT2D eigenvalue weighted by Gasteiger charge is 2.10. The molecule has 0 amide bonds. The molecule has 0 fully saturated rings. The van der Waals surface area contributed by atoms with Gasteiger partial charge in [0.2, 0.25) is 0 Å². The van der Waals surface area contributed by atoms with E-state index in [1.54, 1.807) is 41.8 Å². The van der Waals surface area contributed by atoms with Crippen LogP contribution in [-0.4, -0.2) is 18.3 Å². The number of rotatable bonds is 10. The Hall–Kier alpha value is -3.58. The van der Waals surface area contributed by atoms with Crippen molar-refractivity contribution in [2.75, 3.05) is 0 Å². The molecule has 42 heavy (non-hydrogen) atoms. The van der Waals surface area contributed by atoms with Gasteiger partial charge in [0.1, 0.15) is 0 Å². The SMILES string of the molecule is O=[N+]([O-])c1cccc(C=CS(=O)Cc2ccc(Br)cc2)c1.O=[N+]([O-])c1ccccc1C=CS(=O)Cc1ccc(Br)cc1. The molecule has 12 heteroatoms. The Morgan fingerprint density at radius 2 is 1.17 bits per heavy atom. The predicted molar refractivity (Wildman–Crippen MR) is 176 cm³/mol. The Morgan fingerprint density at radius 3 is 1.69 bits per heavy atom. The van der Waals surface area contributed by atoms with Crippen LogP contribution in [0.15, 0.2) is 117 Å². The molecule has 4 rings (SSSR count). The van der Waals surface area contributed by atoms with Gasteiger partial charge in [0.05, 0.1) is 48.5 Å². The summed E-state index contributed by atoms with van der Waals surface area (Å²) in [5.74, 6) is 0.795. The molecule has 0 bridgehead atoms. The number of non-ortho nitro benzene ring substituents is 1. The zero-order chi connectivity index (χ0) is 30.5. The van der Waals surface area contributed by atoms with Crippen LogP contribution in [0, 0.1) is 20.2 Å². The van der Waals surface area contributed by atoms with Crippen LogP contribution in [0.25, 0.3) is 12.2 Å². The Balaban J connectivity index is 0.000000230. The van der Waals surface area contributed by atoms with Crippen molar-refractivity contribution >= 4 is 77.0 Å². The van der Waals surface area contributed by atoms with E-state index in [-0.39, 0.29) is 11.4 Å². The van der Waals surface area contributed by atoms with Crippen LogP contribution in [0.1, 0.15) is 22.3 Å². The third kappa shape index (κ3) is 11.4. The molecule has 0 N–H and O–H groups in total. The van der Waals surface area contributed by atoms with Gasteiger partial charge >= 0.3 is 0 Å². The van der Waals surface area contributed by atoms with Gasteiger partial charge < -0.3 is 0 Å². The van der Waals surface area contributed by atoms with E-state index in [1.807, 2.05) is 48.5 Å². The summed E-state index contributed by atoms with van der Waals surface area (Å²) in [7, 11) is -2.38. The topological polar surface area (TPSA) is 120 Å². The first-order valence-electron chi connectivity index (χ1n) is 12.2. The average molecular weight is 732 g/mol. The normalized spacial score (nSPS) is 12.4. The van der Waals surface area contributed by atoms with E-state index in [9.17, 15) is 28.6 Å². The maximum absolute atomic E-state index is 12.0. The molecule has 0 spiro atoms. The van der Waals surface area contributed by atoms with E-state index in [1.165, 1.54) is 29.7 Å². The second-order valence-corrected chi connectivity index (χ2v) is 13.1. The van der Waals surface area contributed by atoms with E-state index in [4.69, 9.17) is 0 Å². The molecule has 0 aliphatic rings. The highest BCUT2D eigenvalue weighted by Crippen LogP contribution is 2.20. The minimum Gasteiger partial charge on any atom is -0.258 e. The van der Waals surface area contributed by atoms with Gasteiger partial charge in [0.15, 0.2) is 0 Å². The first kappa shape index (κ1) is 32.9. The fourth-order valence-electron chi connectivity index (χ4n) is 3.43. The molecule has 2 unspecified atom stereocenters. The van der Waals surface area contributed by atoms with Crippen LogP contribution in [0.4, 0.5) is 11.4 Å². The zero-order valence-corrected chi connectivity index (χ0v) is 26.7. The summed E-state index contributed by atoms with van der Waals surface area (Å²) in [5.41, 5.74) is 3.06. The van der Waals surface area contributed by atoms with Crippen molar-refractivity contribution < 1.29 is 18.3 Å². The van der Waals surface area contributed by atoms with E-state index < -0.39 is 31.4 Å². The first-order chi connectivity index (χ1) is 20.1. The van der Waals surface area contributed by atoms with Crippen molar-refractivity contribution in [1.82, 2.24) is 0 Å². The maximum atomic E-state index is 12.0. The van der Waals surface area contributed by atoms with Crippen LogP contribution >= 0.6 is 31.9 Å². The molecule has 0 radical (unpaired) electrons. The molecule has 0 heterocycles. The lowest BCUT2D eigenvalue weighted by Gasteiger charge is -1.99. The average Bonchev–Trinajstić information content (AvgIpc) is 2.98. The standard InChI is InChI=1S/2C15H12BrNO3S/c16-14-6-4-13(5-7-14)11-21(20)9-8-12-2-1-3-15(10-12)17(18)19;16-14-7-5-12(6-8-14)11-21(20)10-9-13-3-1-2-4-15(13)17(18)19/h2*1-10H,11H2. The molecular weight excluding hydrogens is 708 g/mol. The Labute approximate surface area is 264 Å². The third-order valence-corrected chi connectivity index (χ3v) is 8.64. The van der Waals surface area contributed by atoms with Crippen LogP contribution in [-0.2, 0) is 33.1 Å². The highest BCUT2D eigenvalue weighted by molar-refractivity contribution is 9.10. The van der Waals surface area contributed by atoms with E-state index in [2.05, 4.69) is 31.9 Å². The number of halogens is 2. The van der Waals surface area contributed by atoms with Gasteiger partial charge in [0.25, 0.3) is 11.4 Å². The van der Waals surface area contributed by atoms with Gasteiger partial charge in [-0.15, -0.1) is 0 Å². The van der Waals surface area contributed by atoms with Crippen molar-refractivity contribution in [2.24, 2.45) is 0 Å². The Morgan fingerprint density at radius 1 is 0.643 bits per heavy atom. The van der Waals surface area contributed by atoms with E-state index >= 15 is 0 Å². The van der Waals surface area contributed by atoms with Gasteiger partial charge in [-0.2, -0.15) is 0 Å². The second kappa shape index (κ2) is 16.8. The van der Waals surface area contributed by atoms with Crippen LogP contribution < -0.4 is 0 Å². The Kier molecular flexibility index (Phi) is 13.1. The van der Waals surface area contributed by atoms with Crippen molar-refractivity contribution in [3.05, 3.63) is 159 Å². The lowest BCUT2D eigenvalue weighted by molar-refractivity contribution is -0.385. The molecule has 4 aromatic carbocycles. The van der Waals surface area contributed by atoms with E-state index in [0.29, 0.717) is 22.6 Å². The van der Waals surface area contributed by atoms with Crippen LogP contribution in [0.3, 0.4) is 0 Å². The summed E-state index contributed by atoms with van der Waals surface area (Å²) in [6, 6.07) is 27.8. The van der Waals surface area contributed by atoms with Crippen LogP contribution in [0.5, 0.6) is 0 Å². The van der Waals surface area contributed by atoms with Gasteiger partial charge in [0, 0.05) is 38.0 Å². The summed E-state index contributed by atoms with van der Waals surface area (Å²) >= 11 is 6.69. The van der Waals surface area contributed by atoms with Crippen molar-refractivity contribution in [3.63, 3.8) is 0 Å². The van der Waals surface area contributed by atoms with Gasteiger partial charge in [-0.05, 0) is 59.2 Å². The van der Waals surface area contributed by atoms with Gasteiger partial charge in [-0.3, -0.25) is 28.6 Å². The minimum absolute atomic E-state index is 0.00870. The monoisotopic (exact) mass is 730 g/mol. The quantitative estimate of drug-likeness (QED) is 0.119. The molecule has 0 saturated carbocycles. The molecule has 216 valence electrons. The first-order valence-corrected chi connectivity index (χ1v) is 16.5. The number of nitro groups is 2. The molecule has 2 atom stereocenters. The zero-order valence-electron chi connectivity index (χ0n) is 21.9. The second-order valence-electron chi connectivity index (χ2n) is 8.58. The molecule has 0 aliphatic heterocycles. The van der Waals surface area contributed by atoms with Gasteiger partial charge in [-0.1, -0.05) is 80.4 Å². The molecule has 8 nitrogen and oxygen atoms in total. The smallest absolute Gasteiger partial charge is 0.258 e. The molecule has 4 aromatic rings. The third-order valence-electron chi connectivity index (χ3n) is 5.47. The lowest BCUT2D eigenvalue weighted by Crippen LogP contribution is -1.93. The molecular formula is C30H24Br2N2O6S2. The van der Waals surface area contributed by atoms with Crippen molar-refractivity contribution in [1.29, 1.82) is 0 Å². The number of nitrogens with zero attached hydrogens (tertiary/aromatic N) is 2. The number of nitro benzene ring substituents is 2. The minimum atomic E-state index is -1.22. The summed E-state index contributed by atoms with van der Waals surface area (Å²) in [5, 5.41) is 24.6. The molecule has 0 saturated heterocycles. The summed E-state index contributed by atoms with van der Waals surface area (Å²) in [4.78, 5) is 20.7. The maximum Gasteiger partial charge on any atom is 0.276 e. The number of para-hydroxylation sites is 1. The summed E-state index contributed by atoms with van der Waals surface area (Å²) in [6.07, 6.45) is 3.18. The van der Waals surface area contributed by atoms with Gasteiger partial charge in [-0.25, -0.2) is 0 Å². The summed E-state index contributed by atoms with van der Waals surface area (Å²) < 4.78 is 25.9. The lowest BCUT2D eigenvalue weighted by atomic mass is 10.2. The number of benzene rings is 4. The predicted octanol–water partition coefficient (Wildman–Crippen LogP) is 8.55. The Bertz CT molecular complexity index is 1640. The number of hydrogen-bond acceptors (Lipinski definition) is 6. The fourth-order valence-corrected chi connectivity index (χ4v) is 5.80. The fraction of sp³-hybridized carbons (Fsp3) is 0.0667. The molecule has 0 aromatic heterocycles. The summed E-state index contributed by atoms with van der Waals surface area (Å²) in [6.45, 7) is 0. The van der Waals surface area contributed by atoms with Crippen LogP contribution in [0.2, 0.25) is 0 Å². The number of hydrogen-bond donors (Lipinski definition) is 0. The highest BCUT2D eigenvalue weighted by atomic mass is 79.9. The van der Waals surface area contributed by atoms with Crippen molar-refractivity contribution in [2.45, 2.75) is 11.5 Å². The van der Waals surface area contributed by atoms with Crippen molar-refractivity contribution in [3.8, 4) is 0 Å². The molecule has 0 aliphatic carbocycles.